The molecule has 8 heteroatoms. The molecule has 0 aliphatic carbocycles. The van der Waals surface area contributed by atoms with E-state index in [1.165, 1.54) is 16.2 Å². The van der Waals surface area contributed by atoms with Crippen LogP contribution in [0.4, 0.5) is 5.69 Å². The van der Waals surface area contributed by atoms with Gasteiger partial charge in [0.2, 0.25) is 0 Å². The van der Waals surface area contributed by atoms with E-state index in [1.807, 2.05) is 43.3 Å². The summed E-state index contributed by atoms with van der Waals surface area (Å²) in [6, 6.07) is 19.7. The summed E-state index contributed by atoms with van der Waals surface area (Å²) in [6.45, 7) is 1.70. The van der Waals surface area contributed by atoms with Gasteiger partial charge in [-0.3, -0.25) is 24.2 Å². The van der Waals surface area contributed by atoms with Gasteiger partial charge in [0, 0.05) is 20.2 Å². The van der Waals surface area contributed by atoms with Crippen molar-refractivity contribution < 1.29 is 14.4 Å². The number of amides is 3. The zero-order valence-corrected chi connectivity index (χ0v) is 20.5. The van der Waals surface area contributed by atoms with E-state index in [-0.39, 0.29) is 12.6 Å². The third-order valence-electron chi connectivity index (χ3n) is 5.51. The first-order valence-corrected chi connectivity index (χ1v) is 12.0. The minimum Gasteiger partial charge on any atom is -0.289 e. The van der Waals surface area contributed by atoms with Crippen LogP contribution >= 0.6 is 38.9 Å². The molecule has 2 heterocycles. The van der Waals surface area contributed by atoms with Crippen LogP contribution in [0.5, 0.6) is 0 Å². The number of anilines is 1. The lowest BCUT2D eigenvalue weighted by Crippen LogP contribution is -2.44. The zero-order chi connectivity index (χ0) is 23.3. The second-order valence-corrected chi connectivity index (χ2v) is 10.0. The van der Waals surface area contributed by atoms with Gasteiger partial charge in [-0.05, 0) is 48.9 Å². The van der Waals surface area contributed by atoms with Crippen LogP contribution < -0.4 is 4.90 Å². The summed E-state index contributed by atoms with van der Waals surface area (Å²) in [6.07, 6.45) is 0. The van der Waals surface area contributed by atoms with Crippen molar-refractivity contribution in [3.8, 4) is 0 Å². The largest absolute Gasteiger partial charge is 0.289 e. The zero-order valence-electron chi connectivity index (χ0n) is 17.3. The van der Waals surface area contributed by atoms with Gasteiger partial charge in [-0.1, -0.05) is 57.9 Å². The molecule has 3 aromatic carbocycles. The summed E-state index contributed by atoms with van der Waals surface area (Å²) in [5, 5.41) is 1.13. The molecule has 0 atom stereocenters. The number of carbonyl (C=O) groups excluding carboxylic acids is 3. The molecule has 0 fully saturated rings. The highest BCUT2D eigenvalue weighted by atomic mass is 79.9. The summed E-state index contributed by atoms with van der Waals surface area (Å²) in [5.74, 6) is -1.22. The molecular weight excluding hydrogens is 524 g/mol. The number of hydrogen-bond acceptors (Lipinski definition) is 4. The summed E-state index contributed by atoms with van der Waals surface area (Å²) in [5.41, 5.74) is 2.19. The predicted octanol–water partition coefficient (Wildman–Crippen LogP) is 6.53. The van der Waals surface area contributed by atoms with E-state index >= 15 is 0 Å². The van der Waals surface area contributed by atoms with E-state index in [4.69, 9.17) is 11.6 Å². The lowest BCUT2D eigenvalue weighted by atomic mass is 10.1. The Balaban J connectivity index is 1.58. The van der Waals surface area contributed by atoms with Gasteiger partial charge in [-0.25, -0.2) is 0 Å². The number of thiophene rings is 1. The van der Waals surface area contributed by atoms with Crippen LogP contribution in [0.25, 0.3) is 10.1 Å². The Morgan fingerprint density at radius 3 is 2.36 bits per heavy atom. The quantitative estimate of drug-likeness (QED) is 0.277. The topological polar surface area (TPSA) is 57.7 Å². The molecule has 0 bridgehead atoms. The first kappa shape index (κ1) is 21.8. The van der Waals surface area contributed by atoms with Crippen molar-refractivity contribution in [2.75, 3.05) is 11.6 Å². The summed E-state index contributed by atoms with van der Waals surface area (Å²) < 4.78 is 1.75. The number of nitrogens with zero attached hydrogens (tertiary/aromatic N) is 2. The van der Waals surface area contributed by atoms with E-state index in [1.54, 1.807) is 30.3 Å². The van der Waals surface area contributed by atoms with Gasteiger partial charge in [0.05, 0.1) is 16.1 Å². The summed E-state index contributed by atoms with van der Waals surface area (Å²) in [4.78, 5) is 42.6. The SMILES string of the molecule is Cc1cccc(N(CN2C(=O)c3ccccc3C2=O)C(=O)c2sc3cc(Br)ccc3c2Cl)c1. The van der Waals surface area contributed by atoms with Crippen LogP contribution in [0.3, 0.4) is 0 Å². The number of imide groups is 1. The highest BCUT2D eigenvalue weighted by Gasteiger charge is 2.38. The fraction of sp³-hybridized carbons (Fsp3) is 0.0800. The molecule has 5 nitrogen and oxygen atoms in total. The van der Waals surface area contributed by atoms with Crippen molar-refractivity contribution >= 4 is 72.4 Å². The Morgan fingerprint density at radius 2 is 1.70 bits per heavy atom. The molecule has 0 unspecified atom stereocenters. The Morgan fingerprint density at radius 1 is 1.00 bits per heavy atom. The van der Waals surface area contributed by atoms with Crippen LogP contribution in [-0.4, -0.2) is 29.3 Å². The van der Waals surface area contributed by atoms with Crippen LogP contribution in [0.15, 0.2) is 71.2 Å². The van der Waals surface area contributed by atoms with Crippen LogP contribution in [0.1, 0.15) is 36.0 Å². The van der Waals surface area contributed by atoms with Gasteiger partial charge in [-0.2, -0.15) is 0 Å². The van der Waals surface area contributed by atoms with Gasteiger partial charge in [0.15, 0.2) is 0 Å². The van der Waals surface area contributed by atoms with Gasteiger partial charge in [-0.15, -0.1) is 11.3 Å². The molecule has 3 amide bonds. The molecule has 0 radical (unpaired) electrons. The fourth-order valence-corrected chi connectivity index (χ4v) is 5.88. The van der Waals surface area contributed by atoms with Crippen molar-refractivity contribution in [2.45, 2.75) is 6.92 Å². The van der Waals surface area contributed by atoms with Crippen LogP contribution in [-0.2, 0) is 0 Å². The smallest absolute Gasteiger partial charge is 0.271 e. The van der Waals surface area contributed by atoms with Crippen LogP contribution in [0, 0.1) is 6.92 Å². The number of fused-ring (bicyclic) bond motifs is 2. The molecule has 1 aromatic heterocycles. The standard InChI is InChI=1S/C25H16BrClN2O3S/c1-14-5-4-6-16(11-14)28(13-29-23(30)17-7-2-3-8-18(17)24(29)31)25(32)22-21(27)19-10-9-15(26)12-20(19)33-22/h2-12H,13H2,1H3. The Hall–Kier alpha value is -3.00. The molecule has 4 aromatic rings. The lowest BCUT2D eigenvalue weighted by Gasteiger charge is -2.27. The van der Waals surface area contributed by atoms with Crippen molar-refractivity contribution in [3.05, 3.63) is 97.8 Å². The van der Waals surface area contributed by atoms with E-state index in [0.29, 0.717) is 26.7 Å². The number of rotatable bonds is 4. The minimum atomic E-state index is -0.424. The maximum absolute atomic E-state index is 13.8. The monoisotopic (exact) mass is 538 g/mol. The van der Waals surface area contributed by atoms with Crippen LogP contribution in [0.2, 0.25) is 5.02 Å². The molecule has 0 saturated carbocycles. The first-order valence-electron chi connectivity index (χ1n) is 10.1. The van der Waals surface area contributed by atoms with Gasteiger partial charge in [0.25, 0.3) is 17.7 Å². The van der Waals surface area contributed by atoms with E-state index in [0.717, 1.165) is 25.0 Å². The summed E-state index contributed by atoms with van der Waals surface area (Å²) >= 11 is 11.3. The summed E-state index contributed by atoms with van der Waals surface area (Å²) in [7, 11) is 0. The van der Waals surface area contributed by atoms with Gasteiger partial charge < -0.3 is 0 Å². The molecule has 0 spiro atoms. The van der Waals surface area contributed by atoms with Crippen molar-refractivity contribution in [1.29, 1.82) is 0 Å². The fourth-order valence-electron chi connectivity index (χ4n) is 3.87. The van der Waals surface area contributed by atoms with Crippen molar-refractivity contribution in [2.24, 2.45) is 0 Å². The molecule has 5 rings (SSSR count). The van der Waals surface area contributed by atoms with E-state index < -0.39 is 11.8 Å². The Labute approximate surface area is 207 Å². The third-order valence-corrected chi connectivity index (χ3v) is 7.64. The normalized spacial score (nSPS) is 13.0. The van der Waals surface area contributed by atoms with Crippen molar-refractivity contribution in [3.63, 3.8) is 0 Å². The number of hydrogen-bond donors (Lipinski definition) is 0. The molecule has 0 saturated heterocycles. The van der Waals surface area contributed by atoms with E-state index in [2.05, 4.69) is 15.9 Å². The average molecular weight is 540 g/mol. The predicted molar refractivity (Wildman–Crippen MR) is 134 cm³/mol. The Bertz CT molecular complexity index is 1430. The number of halogens is 2. The van der Waals surface area contributed by atoms with Gasteiger partial charge >= 0.3 is 0 Å². The highest BCUT2D eigenvalue weighted by molar-refractivity contribution is 9.10. The average Bonchev–Trinajstić information content (AvgIpc) is 3.25. The van der Waals surface area contributed by atoms with Crippen molar-refractivity contribution in [1.82, 2.24) is 4.90 Å². The first-order chi connectivity index (χ1) is 15.8. The molecule has 1 aliphatic heterocycles. The minimum absolute atomic E-state index is 0.219. The Kier molecular flexibility index (Phi) is 5.56. The maximum atomic E-state index is 13.8. The lowest BCUT2D eigenvalue weighted by molar-refractivity contribution is 0.0650. The second kappa shape index (κ2) is 8.41. The number of aryl methyl sites for hydroxylation is 1. The molecular formula is C25H16BrClN2O3S. The molecule has 164 valence electrons. The highest BCUT2D eigenvalue weighted by Crippen LogP contribution is 2.38. The van der Waals surface area contributed by atoms with Gasteiger partial charge in [0.1, 0.15) is 11.5 Å². The third kappa shape index (κ3) is 3.76. The molecule has 1 aliphatic rings. The second-order valence-electron chi connectivity index (χ2n) is 7.68. The number of carbonyl (C=O) groups is 3. The van der Waals surface area contributed by atoms with E-state index in [9.17, 15) is 14.4 Å². The molecule has 33 heavy (non-hydrogen) atoms. The maximum Gasteiger partial charge on any atom is 0.271 e. The number of benzene rings is 3. The molecule has 0 N–H and O–H groups in total.